The minimum Gasteiger partial charge on any atom is -0.449 e. The summed E-state index contributed by atoms with van der Waals surface area (Å²) in [5, 5.41) is 3.80. The molecule has 0 spiro atoms. The van der Waals surface area contributed by atoms with Gasteiger partial charge in [0.15, 0.2) is 11.8 Å². The molecule has 0 N–H and O–H groups in total. The molecule has 0 saturated heterocycles. The van der Waals surface area contributed by atoms with E-state index in [0.717, 1.165) is 15.8 Å². The van der Waals surface area contributed by atoms with Crippen LogP contribution in [-0.4, -0.2) is 27.6 Å². The molecule has 0 radical (unpaired) electrons. The molecule has 0 amide bonds. The van der Waals surface area contributed by atoms with Gasteiger partial charge in [0.2, 0.25) is 5.78 Å². The average Bonchev–Trinajstić information content (AvgIpc) is 2.51. The molecule has 2 aromatic rings. The number of nitrogens with zero attached hydrogens (tertiary/aromatic N) is 2. The summed E-state index contributed by atoms with van der Waals surface area (Å²) in [6.07, 6.45) is -0.941. The van der Waals surface area contributed by atoms with Crippen LogP contribution in [0.5, 0.6) is 0 Å². The molecule has 1 aromatic heterocycles. The second-order valence-electron chi connectivity index (χ2n) is 5.39. The highest BCUT2D eigenvalue weighted by atomic mass is 16.5. The van der Waals surface area contributed by atoms with E-state index in [9.17, 15) is 14.4 Å². The van der Waals surface area contributed by atoms with Gasteiger partial charge in [0, 0.05) is 18.7 Å². The van der Waals surface area contributed by atoms with Crippen molar-refractivity contribution >= 4 is 11.8 Å². The Balaban J connectivity index is 2.13. The predicted octanol–water partition coefficient (Wildman–Crippen LogP) is 1.83. The van der Waals surface area contributed by atoms with Crippen molar-refractivity contribution in [2.45, 2.75) is 26.9 Å². The van der Waals surface area contributed by atoms with Gasteiger partial charge in [-0.25, -0.2) is 9.48 Å². The number of aryl methyl sites for hydroxylation is 3. The van der Waals surface area contributed by atoms with Crippen LogP contribution in [0, 0.1) is 13.8 Å². The summed E-state index contributed by atoms with van der Waals surface area (Å²) in [4.78, 5) is 35.6. The molecule has 0 saturated carbocycles. The number of ether oxygens (including phenoxy) is 1. The molecule has 1 heterocycles. The first-order chi connectivity index (χ1) is 10.8. The minimum absolute atomic E-state index is 0.0214. The van der Waals surface area contributed by atoms with Gasteiger partial charge in [0.25, 0.3) is 5.56 Å². The van der Waals surface area contributed by atoms with Crippen LogP contribution in [0.4, 0.5) is 0 Å². The first-order valence-electron chi connectivity index (χ1n) is 7.16. The molecule has 6 heteroatoms. The monoisotopic (exact) mass is 314 g/mol. The molecule has 6 nitrogen and oxygen atoms in total. The third-order valence-electron chi connectivity index (χ3n) is 3.61. The van der Waals surface area contributed by atoms with Gasteiger partial charge in [-0.1, -0.05) is 12.1 Å². The van der Waals surface area contributed by atoms with Crippen LogP contribution in [0.2, 0.25) is 0 Å². The van der Waals surface area contributed by atoms with E-state index in [2.05, 4.69) is 5.10 Å². The maximum Gasteiger partial charge on any atom is 0.359 e. The van der Waals surface area contributed by atoms with Crippen molar-refractivity contribution in [3.63, 3.8) is 0 Å². The number of carbonyl (C=O) groups is 2. The van der Waals surface area contributed by atoms with Crippen LogP contribution < -0.4 is 5.56 Å². The van der Waals surface area contributed by atoms with Crippen molar-refractivity contribution in [3.8, 4) is 0 Å². The number of Topliss-reactive ketones (excluding diaryl/α,β-unsaturated/α-hetero) is 1. The number of esters is 1. The predicted molar refractivity (Wildman–Crippen MR) is 84.6 cm³/mol. The molecule has 0 bridgehead atoms. The van der Waals surface area contributed by atoms with E-state index in [4.69, 9.17) is 4.74 Å². The van der Waals surface area contributed by atoms with E-state index in [1.807, 2.05) is 19.9 Å². The molecule has 0 fully saturated rings. The first kappa shape index (κ1) is 16.6. The van der Waals surface area contributed by atoms with Crippen molar-refractivity contribution in [1.29, 1.82) is 0 Å². The number of aromatic nitrogens is 2. The lowest BCUT2D eigenvalue weighted by Crippen LogP contribution is -2.27. The van der Waals surface area contributed by atoms with Crippen molar-refractivity contribution in [3.05, 3.63) is 63.1 Å². The van der Waals surface area contributed by atoms with Crippen molar-refractivity contribution in [2.24, 2.45) is 7.05 Å². The molecular weight excluding hydrogens is 296 g/mol. The summed E-state index contributed by atoms with van der Waals surface area (Å²) in [5.41, 5.74) is 2.21. The summed E-state index contributed by atoms with van der Waals surface area (Å²) in [6, 6.07) is 7.83. The van der Waals surface area contributed by atoms with Gasteiger partial charge in [-0.15, -0.1) is 0 Å². The lowest BCUT2D eigenvalue weighted by atomic mass is 10.0. The third kappa shape index (κ3) is 3.71. The van der Waals surface area contributed by atoms with E-state index >= 15 is 0 Å². The molecule has 0 aliphatic rings. The Morgan fingerprint density at radius 3 is 2.43 bits per heavy atom. The molecule has 0 aliphatic carbocycles. The van der Waals surface area contributed by atoms with E-state index in [1.165, 1.54) is 26.1 Å². The number of hydrogen-bond donors (Lipinski definition) is 0. The molecule has 0 aliphatic heterocycles. The number of benzene rings is 1. The third-order valence-corrected chi connectivity index (χ3v) is 3.61. The molecular formula is C17H18N2O4. The quantitative estimate of drug-likeness (QED) is 0.635. The highest BCUT2D eigenvalue weighted by Gasteiger charge is 2.21. The Hall–Kier alpha value is -2.76. The Morgan fingerprint density at radius 1 is 1.13 bits per heavy atom. The summed E-state index contributed by atoms with van der Waals surface area (Å²) in [6.45, 7) is 5.38. The maximum absolute atomic E-state index is 12.3. The Morgan fingerprint density at radius 2 is 1.83 bits per heavy atom. The first-order valence-corrected chi connectivity index (χ1v) is 7.16. The van der Waals surface area contributed by atoms with Crippen molar-refractivity contribution in [2.75, 3.05) is 0 Å². The van der Waals surface area contributed by atoms with Crippen LogP contribution in [-0.2, 0) is 11.8 Å². The lowest BCUT2D eigenvalue weighted by molar-refractivity contribution is 0.0310. The summed E-state index contributed by atoms with van der Waals surface area (Å²) >= 11 is 0. The van der Waals surface area contributed by atoms with Crippen LogP contribution in [0.15, 0.2) is 35.1 Å². The minimum atomic E-state index is -0.941. The zero-order valence-electron chi connectivity index (χ0n) is 13.5. The molecule has 120 valence electrons. The normalized spacial score (nSPS) is 11.8. The van der Waals surface area contributed by atoms with Gasteiger partial charge in [0.05, 0.1) is 0 Å². The number of hydrogen-bond acceptors (Lipinski definition) is 5. The molecule has 1 unspecified atom stereocenters. The van der Waals surface area contributed by atoms with E-state index < -0.39 is 12.1 Å². The van der Waals surface area contributed by atoms with E-state index in [1.54, 1.807) is 12.1 Å². The van der Waals surface area contributed by atoms with Gasteiger partial charge in [-0.05, 0) is 44.0 Å². The van der Waals surface area contributed by atoms with E-state index in [-0.39, 0.29) is 17.0 Å². The van der Waals surface area contributed by atoms with Crippen LogP contribution in [0.25, 0.3) is 0 Å². The fraction of sp³-hybridized carbons (Fsp3) is 0.294. The second-order valence-corrected chi connectivity index (χ2v) is 5.39. The molecule has 1 aromatic carbocycles. The van der Waals surface area contributed by atoms with E-state index in [0.29, 0.717) is 5.56 Å². The van der Waals surface area contributed by atoms with Gasteiger partial charge < -0.3 is 4.74 Å². The van der Waals surface area contributed by atoms with Gasteiger partial charge in [-0.2, -0.15) is 5.10 Å². The average molecular weight is 314 g/mol. The molecule has 23 heavy (non-hydrogen) atoms. The highest BCUT2D eigenvalue weighted by Crippen LogP contribution is 2.13. The van der Waals surface area contributed by atoms with Crippen LogP contribution in [0.3, 0.4) is 0 Å². The number of carbonyl (C=O) groups excluding carboxylic acids is 2. The smallest absolute Gasteiger partial charge is 0.359 e. The Labute approximate surface area is 133 Å². The van der Waals surface area contributed by atoms with Crippen LogP contribution >= 0.6 is 0 Å². The zero-order chi connectivity index (χ0) is 17.1. The SMILES string of the molecule is Cc1ccc(C(=O)C(C)OC(=O)c2ccc(=O)n(C)n2)cc1C. The molecule has 2 rings (SSSR count). The fourth-order valence-corrected chi connectivity index (χ4v) is 2.02. The number of rotatable bonds is 4. The zero-order valence-corrected chi connectivity index (χ0v) is 13.5. The fourth-order valence-electron chi connectivity index (χ4n) is 2.02. The lowest BCUT2D eigenvalue weighted by Gasteiger charge is -2.13. The summed E-state index contributed by atoms with van der Waals surface area (Å²) in [5.74, 6) is -1.03. The van der Waals surface area contributed by atoms with Gasteiger partial charge in [-0.3, -0.25) is 9.59 Å². The Kier molecular flexibility index (Phi) is 4.74. The second kappa shape index (κ2) is 6.56. The molecule has 1 atom stereocenters. The topological polar surface area (TPSA) is 78.3 Å². The maximum atomic E-state index is 12.3. The summed E-state index contributed by atoms with van der Waals surface area (Å²) < 4.78 is 6.19. The Bertz CT molecular complexity index is 824. The van der Waals surface area contributed by atoms with Gasteiger partial charge >= 0.3 is 5.97 Å². The van der Waals surface area contributed by atoms with Crippen LogP contribution in [0.1, 0.15) is 38.9 Å². The van der Waals surface area contributed by atoms with Crippen molar-refractivity contribution < 1.29 is 14.3 Å². The van der Waals surface area contributed by atoms with Gasteiger partial charge in [0.1, 0.15) is 0 Å². The summed E-state index contributed by atoms with van der Waals surface area (Å²) in [7, 11) is 1.43. The number of ketones is 1. The van der Waals surface area contributed by atoms with Crippen molar-refractivity contribution in [1.82, 2.24) is 9.78 Å². The largest absolute Gasteiger partial charge is 0.449 e. The standard InChI is InChI=1S/C17H18N2O4/c1-10-5-6-13(9-11(10)2)16(21)12(3)23-17(22)14-7-8-15(20)19(4)18-14/h5-9,12H,1-4H3. The highest BCUT2D eigenvalue weighted by molar-refractivity contribution is 6.01.